The summed E-state index contributed by atoms with van der Waals surface area (Å²) in [5.74, 6) is -1.14. The van der Waals surface area contributed by atoms with Crippen molar-refractivity contribution in [3.05, 3.63) is 99.3 Å². The van der Waals surface area contributed by atoms with Crippen molar-refractivity contribution >= 4 is 39.6 Å². The topological polar surface area (TPSA) is 77.0 Å². The van der Waals surface area contributed by atoms with Crippen molar-refractivity contribution in [3.8, 4) is 0 Å². The molecule has 41 heavy (non-hydrogen) atoms. The van der Waals surface area contributed by atoms with Crippen molar-refractivity contribution in [2.45, 2.75) is 44.7 Å². The van der Waals surface area contributed by atoms with Gasteiger partial charge in [0.2, 0.25) is 0 Å². The van der Waals surface area contributed by atoms with E-state index < -0.39 is 5.91 Å². The molecule has 0 spiro atoms. The number of hydrazone groups is 1. The minimum absolute atomic E-state index is 0.258. The Bertz CT molecular complexity index is 1370. The number of nitrogens with one attached hydrogen (secondary N) is 2. The summed E-state index contributed by atoms with van der Waals surface area (Å²) < 4.78 is 13.8. The highest BCUT2D eigenvalue weighted by atomic mass is 79.9. The van der Waals surface area contributed by atoms with E-state index >= 15 is 0 Å². The van der Waals surface area contributed by atoms with E-state index in [2.05, 4.69) is 41.6 Å². The molecule has 3 aromatic rings. The molecule has 7 nitrogen and oxygen atoms in total. The molecule has 0 aromatic heterocycles. The molecule has 0 atom stereocenters. The number of nitrogens with zero attached hydrogens (tertiary/aromatic N) is 3. The molecule has 2 aliphatic heterocycles. The summed E-state index contributed by atoms with van der Waals surface area (Å²) in [4.78, 5) is 31.1. The van der Waals surface area contributed by atoms with Crippen LogP contribution in [0.25, 0.3) is 0 Å². The maximum absolute atomic E-state index is 13.1. The van der Waals surface area contributed by atoms with Gasteiger partial charge in [0.1, 0.15) is 5.82 Å². The predicted molar refractivity (Wildman–Crippen MR) is 164 cm³/mol. The molecule has 0 radical (unpaired) electrons. The van der Waals surface area contributed by atoms with Gasteiger partial charge in [0.05, 0.1) is 17.5 Å². The van der Waals surface area contributed by atoms with Gasteiger partial charge >= 0.3 is 0 Å². The van der Waals surface area contributed by atoms with Crippen LogP contribution in [0.2, 0.25) is 0 Å². The minimum Gasteiger partial charge on any atom is -0.321 e. The largest absolute Gasteiger partial charge is 0.321 e. The van der Waals surface area contributed by atoms with Gasteiger partial charge in [-0.2, -0.15) is 5.10 Å². The van der Waals surface area contributed by atoms with E-state index in [1.54, 1.807) is 30.3 Å². The highest BCUT2D eigenvalue weighted by molar-refractivity contribution is 9.10. The summed E-state index contributed by atoms with van der Waals surface area (Å²) in [6.07, 6.45) is 7.92. The maximum atomic E-state index is 13.1. The van der Waals surface area contributed by atoms with Crippen LogP contribution in [-0.4, -0.2) is 60.0 Å². The molecule has 2 heterocycles. The van der Waals surface area contributed by atoms with Gasteiger partial charge < -0.3 is 10.2 Å². The first-order valence-electron chi connectivity index (χ1n) is 14.2. The van der Waals surface area contributed by atoms with Crippen molar-refractivity contribution in [2.24, 2.45) is 5.10 Å². The van der Waals surface area contributed by atoms with Crippen LogP contribution >= 0.6 is 15.9 Å². The molecule has 2 amide bonds. The lowest BCUT2D eigenvalue weighted by atomic mass is 9.99. The zero-order chi connectivity index (χ0) is 28.6. The Balaban J connectivity index is 1.15. The van der Waals surface area contributed by atoms with Crippen LogP contribution < -0.4 is 10.7 Å². The van der Waals surface area contributed by atoms with E-state index in [1.807, 2.05) is 24.3 Å². The first kappa shape index (κ1) is 29.1. The van der Waals surface area contributed by atoms with Crippen LogP contribution in [0.4, 0.5) is 10.1 Å². The Morgan fingerprint density at radius 3 is 2.32 bits per heavy atom. The summed E-state index contributed by atoms with van der Waals surface area (Å²) in [6, 6.07) is 19.2. The van der Waals surface area contributed by atoms with Crippen molar-refractivity contribution in [2.75, 3.05) is 31.5 Å². The van der Waals surface area contributed by atoms with Crippen LogP contribution in [0.3, 0.4) is 0 Å². The Labute approximate surface area is 248 Å². The van der Waals surface area contributed by atoms with Crippen LogP contribution in [0, 0.1) is 5.82 Å². The second kappa shape index (κ2) is 14.0. The van der Waals surface area contributed by atoms with Crippen molar-refractivity contribution in [1.29, 1.82) is 0 Å². The normalized spacial score (nSPS) is 17.0. The molecule has 5 rings (SSSR count). The van der Waals surface area contributed by atoms with Crippen LogP contribution in [0.15, 0.2) is 76.3 Å². The number of piperidine rings is 2. The third kappa shape index (κ3) is 8.09. The highest BCUT2D eigenvalue weighted by Crippen LogP contribution is 2.24. The van der Waals surface area contributed by atoms with Gasteiger partial charge in [0.25, 0.3) is 11.8 Å². The fraction of sp³-hybridized carbons (Fsp3) is 0.344. The first-order valence-corrected chi connectivity index (χ1v) is 15.0. The Hall–Kier alpha value is -3.40. The zero-order valence-corrected chi connectivity index (χ0v) is 24.6. The summed E-state index contributed by atoms with van der Waals surface area (Å²) in [5, 5.41) is 6.82. The fourth-order valence-electron chi connectivity index (χ4n) is 5.53. The van der Waals surface area contributed by atoms with Crippen molar-refractivity contribution in [1.82, 2.24) is 15.2 Å². The number of hydrogen-bond acceptors (Lipinski definition) is 5. The van der Waals surface area contributed by atoms with Crippen LogP contribution in [0.1, 0.15) is 63.9 Å². The second-order valence-corrected chi connectivity index (χ2v) is 11.6. The van der Waals surface area contributed by atoms with E-state index in [4.69, 9.17) is 0 Å². The summed E-state index contributed by atoms with van der Waals surface area (Å²) in [6.45, 7) is 5.60. The molecule has 0 aliphatic carbocycles. The lowest BCUT2D eigenvalue weighted by molar-refractivity contribution is 0.0896. The highest BCUT2D eigenvalue weighted by Gasteiger charge is 2.25. The van der Waals surface area contributed by atoms with Gasteiger partial charge in [-0.1, -0.05) is 46.6 Å². The minimum atomic E-state index is -0.487. The molecule has 0 saturated carbocycles. The number of carbonyl (C=O) groups excluding carboxylic acids is 2. The average Bonchev–Trinajstić information content (AvgIpc) is 3.00. The SMILES string of the molecule is O=C(Nc1ccc(Br)cc1C(=O)N/N=C/c1ccc(F)cc1)c1ccc(CN2CCC(N3CCCCC3)CC2)cc1. The first-order chi connectivity index (χ1) is 19.9. The van der Waals surface area contributed by atoms with Crippen LogP contribution in [0.5, 0.6) is 0 Å². The Morgan fingerprint density at radius 2 is 1.61 bits per heavy atom. The van der Waals surface area contributed by atoms with Gasteiger partial charge in [-0.25, -0.2) is 9.82 Å². The van der Waals surface area contributed by atoms with Crippen molar-refractivity contribution < 1.29 is 14.0 Å². The van der Waals surface area contributed by atoms with Gasteiger partial charge in [0.15, 0.2) is 0 Å². The maximum Gasteiger partial charge on any atom is 0.273 e. The molecule has 2 aliphatic rings. The molecule has 0 bridgehead atoms. The van der Waals surface area contributed by atoms with E-state index in [9.17, 15) is 14.0 Å². The summed E-state index contributed by atoms with van der Waals surface area (Å²) >= 11 is 3.39. The quantitative estimate of drug-likeness (QED) is 0.237. The predicted octanol–water partition coefficient (Wildman–Crippen LogP) is 6.05. The molecular weight excluding hydrogens is 585 g/mol. The third-order valence-electron chi connectivity index (χ3n) is 7.81. The number of likely N-dealkylation sites (tertiary alicyclic amines) is 2. The van der Waals surface area contributed by atoms with Crippen molar-refractivity contribution in [3.63, 3.8) is 0 Å². The smallest absolute Gasteiger partial charge is 0.273 e. The molecular formula is C32H35BrFN5O2. The molecule has 3 aromatic carbocycles. The molecule has 2 fully saturated rings. The monoisotopic (exact) mass is 619 g/mol. The van der Waals surface area contributed by atoms with Gasteiger partial charge in [-0.3, -0.25) is 14.5 Å². The van der Waals surface area contributed by atoms with Gasteiger partial charge in [-0.15, -0.1) is 0 Å². The number of benzene rings is 3. The van der Waals surface area contributed by atoms with Crippen LogP contribution in [-0.2, 0) is 6.54 Å². The van der Waals surface area contributed by atoms with E-state index in [0.717, 1.165) is 25.7 Å². The molecule has 214 valence electrons. The molecule has 2 saturated heterocycles. The lowest BCUT2D eigenvalue weighted by Gasteiger charge is -2.40. The second-order valence-electron chi connectivity index (χ2n) is 10.7. The average molecular weight is 621 g/mol. The van der Waals surface area contributed by atoms with E-state index in [1.165, 1.54) is 69.1 Å². The number of carbonyl (C=O) groups is 2. The number of hydrogen-bond donors (Lipinski definition) is 2. The number of anilines is 1. The third-order valence-corrected chi connectivity index (χ3v) is 8.30. The van der Waals surface area contributed by atoms with Gasteiger partial charge in [-0.05, 0) is 105 Å². The van der Waals surface area contributed by atoms with Gasteiger partial charge in [0, 0.05) is 22.6 Å². The zero-order valence-electron chi connectivity index (χ0n) is 23.0. The van der Waals surface area contributed by atoms with E-state index in [-0.39, 0.29) is 17.3 Å². The number of halogens is 2. The molecule has 9 heteroatoms. The fourth-order valence-corrected chi connectivity index (χ4v) is 5.89. The lowest BCUT2D eigenvalue weighted by Crippen LogP contribution is -2.46. The van der Waals surface area contributed by atoms with E-state index in [0.29, 0.717) is 21.3 Å². The Kier molecular flexibility index (Phi) is 9.92. The number of amides is 2. The molecule has 0 unspecified atom stereocenters. The standard InChI is InChI=1S/C32H35BrFN5O2/c33-26-10-13-30(29(20-26)32(41)37-35-21-23-6-11-27(34)12-7-23)36-31(40)25-8-4-24(5-9-25)22-38-18-14-28(15-19-38)39-16-2-1-3-17-39/h4-13,20-21,28H,1-3,14-19,22H2,(H,36,40)(H,37,41)/b35-21+. The molecule has 2 N–H and O–H groups in total. The Morgan fingerprint density at radius 1 is 0.902 bits per heavy atom. The summed E-state index contributed by atoms with van der Waals surface area (Å²) in [5.41, 5.74) is 5.43. The summed E-state index contributed by atoms with van der Waals surface area (Å²) in [7, 11) is 0. The number of rotatable bonds is 8.